The van der Waals surface area contributed by atoms with Crippen LogP contribution in [-0.4, -0.2) is 34.3 Å². The number of alkyl halides is 1. The van der Waals surface area contributed by atoms with Gasteiger partial charge in [0.05, 0.1) is 5.56 Å². The third-order valence-corrected chi connectivity index (χ3v) is 2.69. The molecule has 6 heteroatoms. The lowest BCUT2D eigenvalue weighted by atomic mass is 10.1. The Morgan fingerprint density at radius 2 is 2.00 bits per heavy atom. The van der Waals surface area contributed by atoms with Crippen LogP contribution in [0.25, 0.3) is 0 Å². The second kappa shape index (κ2) is 6.61. The van der Waals surface area contributed by atoms with E-state index < -0.39 is 5.69 Å². The molecule has 0 aliphatic rings. The van der Waals surface area contributed by atoms with E-state index in [2.05, 4.69) is 9.97 Å². The van der Waals surface area contributed by atoms with E-state index in [0.29, 0.717) is 31.0 Å². The maximum absolute atomic E-state index is 11.7. The number of aryl methyl sites for hydroxylation is 1. The van der Waals surface area contributed by atoms with E-state index in [1.807, 2.05) is 18.9 Å². The zero-order valence-electron chi connectivity index (χ0n) is 10.2. The van der Waals surface area contributed by atoms with Gasteiger partial charge < -0.3 is 9.88 Å². The number of aromatic amines is 2. The van der Waals surface area contributed by atoms with Gasteiger partial charge in [-0.05, 0) is 13.5 Å². The fourth-order valence-corrected chi connectivity index (χ4v) is 1.97. The number of H-pyrrole nitrogens is 2. The zero-order chi connectivity index (χ0) is 12.8. The molecule has 0 radical (unpaired) electrons. The summed E-state index contributed by atoms with van der Waals surface area (Å²) in [6.07, 6.45) is 1.58. The minimum atomic E-state index is -0.442. The normalized spacial score (nSPS) is 11.1. The van der Waals surface area contributed by atoms with Crippen LogP contribution < -0.4 is 11.2 Å². The van der Waals surface area contributed by atoms with Crippen molar-refractivity contribution in [3.8, 4) is 0 Å². The second-order valence-electron chi connectivity index (χ2n) is 4.04. The Kier molecular flexibility index (Phi) is 5.44. The Balaban J connectivity index is 3.03. The van der Waals surface area contributed by atoms with Gasteiger partial charge in [0.1, 0.15) is 0 Å². The molecule has 0 saturated heterocycles. The van der Waals surface area contributed by atoms with Crippen LogP contribution in [0.1, 0.15) is 24.6 Å². The molecule has 1 rings (SSSR count). The molecule has 2 N–H and O–H groups in total. The minimum absolute atomic E-state index is 0.307. The van der Waals surface area contributed by atoms with Gasteiger partial charge in [-0.2, -0.15) is 0 Å². The Labute approximate surface area is 105 Å². The minimum Gasteiger partial charge on any atom is -0.311 e. The standard InChI is InChI=1S/C11H18ClN3O2/c1-3-4-9-8(7-15(2)6-5-12)10(16)14-11(17)13-9/h3-7H2,1-2H3,(H2,13,14,16,17). The van der Waals surface area contributed by atoms with Gasteiger partial charge in [-0.1, -0.05) is 13.3 Å². The third-order valence-electron chi connectivity index (χ3n) is 2.52. The molecule has 17 heavy (non-hydrogen) atoms. The van der Waals surface area contributed by atoms with Gasteiger partial charge in [0, 0.05) is 24.7 Å². The van der Waals surface area contributed by atoms with E-state index in [-0.39, 0.29) is 5.56 Å². The molecule has 0 aromatic carbocycles. The second-order valence-corrected chi connectivity index (χ2v) is 4.42. The highest BCUT2D eigenvalue weighted by molar-refractivity contribution is 6.18. The first-order chi connectivity index (χ1) is 8.08. The first-order valence-corrected chi connectivity index (χ1v) is 6.20. The summed E-state index contributed by atoms with van der Waals surface area (Å²) in [5.74, 6) is 0.515. The Hall–Kier alpha value is -1.07. The van der Waals surface area contributed by atoms with Crippen molar-refractivity contribution < 1.29 is 0 Å². The lowest BCUT2D eigenvalue weighted by Crippen LogP contribution is -2.32. The summed E-state index contributed by atoms with van der Waals surface area (Å²) in [6.45, 7) is 3.20. The van der Waals surface area contributed by atoms with Gasteiger partial charge in [-0.25, -0.2) is 4.79 Å². The van der Waals surface area contributed by atoms with Gasteiger partial charge >= 0.3 is 5.69 Å². The van der Waals surface area contributed by atoms with Crippen molar-refractivity contribution in [3.63, 3.8) is 0 Å². The first-order valence-electron chi connectivity index (χ1n) is 5.67. The number of aromatic nitrogens is 2. The van der Waals surface area contributed by atoms with E-state index in [1.54, 1.807) is 0 Å². The highest BCUT2D eigenvalue weighted by Gasteiger charge is 2.10. The lowest BCUT2D eigenvalue weighted by molar-refractivity contribution is 0.344. The number of hydrogen-bond acceptors (Lipinski definition) is 3. The first kappa shape index (κ1) is 14.0. The van der Waals surface area contributed by atoms with E-state index >= 15 is 0 Å². The summed E-state index contributed by atoms with van der Waals surface area (Å²) < 4.78 is 0. The van der Waals surface area contributed by atoms with Crippen LogP contribution >= 0.6 is 11.6 Å². The van der Waals surface area contributed by atoms with Gasteiger partial charge in [0.15, 0.2) is 0 Å². The maximum Gasteiger partial charge on any atom is 0.325 e. The van der Waals surface area contributed by atoms with Crippen LogP contribution in [0.4, 0.5) is 0 Å². The van der Waals surface area contributed by atoms with E-state index in [9.17, 15) is 9.59 Å². The summed E-state index contributed by atoms with van der Waals surface area (Å²) in [7, 11) is 1.89. The summed E-state index contributed by atoms with van der Waals surface area (Å²) in [4.78, 5) is 29.9. The van der Waals surface area contributed by atoms with Gasteiger partial charge in [-0.3, -0.25) is 9.78 Å². The lowest BCUT2D eigenvalue weighted by Gasteiger charge is -2.16. The molecule has 0 amide bonds. The van der Waals surface area contributed by atoms with Crippen molar-refractivity contribution in [1.29, 1.82) is 0 Å². The number of nitrogens with one attached hydrogen (secondary N) is 2. The average molecular weight is 260 g/mol. The van der Waals surface area contributed by atoms with Crippen molar-refractivity contribution in [2.24, 2.45) is 0 Å². The molecule has 0 spiro atoms. The number of nitrogens with zero attached hydrogens (tertiary/aromatic N) is 1. The summed E-state index contributed by atoms with van der Waals surface area (Å²) in [5, 5.41) is 0. The zero-order valence-corrected chi connectivity index (χ0v) is 10.9. The van der Waals surface area contributed by atoms with Crippen molar-refractivity contribution >= 4 is 11.6 Å². The van der Waals surface area contributed by atoms with Crippen LogP contribution in [0.15, 0.2) is 9.59 Å². The molecular weight excluding hydrogens is 242 g/mol. The average Bonchev–Trinajstić information content (AvgIpc) is 2.24. The maximum atomic E-state index is 11.7. The Bertz CT molecular complexity index is 467. The van der Waals surface area contributed by atoms with Crippen LogP contribution in [0.5, 0.6) is 0 Å². The van der Waals surface area contributed by atoms with Crippen LogP contribution in [0.3, 0.4) is 0 Å². The highest BCUT2D eigenvalue weighted by atomic mass is 35.5. The Morgan fingerprint density at radius 1 is 1.29 bits per heavy atom. The molecule has 0 aliphatic heterocycles. The fourth-order valence-electron chi connectivity index (χ4n) is 1.68. The molecule has 1 heterocycles. The molecule has 0 aliphatic carbocycles. The predicted octanol–water partition coefficient (Wildman–Crippen LogP) is 0.686. The molecule has 0 unspecified atom stereocenters. The van der Waals surface area contributed by atoms with Crippen LogP contribution in [0, 0.1) is 0 Å². The highest BCUT2D eigenvalue weighted by Crippen LogP contribution is 2.04. The fraction of sp³-hybridized carbons (Fsp3) is 0.636. The van der Waals surface area contributed by atoms with Crippen molar-refractivity contribution in [2.75, 3.05) is 19.5 Å². The quantitative estimate of drug-likeness (QED) is 0.739. The molecule has 96 valence electrons. The number of rotatable bonds is 6. The van der Waals surface area contributed by atoms with Gasteiger partial charge in [-0.15, -0.1) is 11.6 Å². The van der Waals surface area contributed by atoms with E-state index in [1.165, 1.54) is 0 Å². The van der Waals surface area contributed by atoms with E-state index in [0.717, 1.165) is 12.1 Å². The summed E-state index contributed by atoms with van der Waals surface area (Å²) >= 11 is 5.64. The molecule has 1 aromatic heterocycles. The Morgan fingerprint density at radius 3 is 2.59 bits per heavy atom. The number of halogens is 1. The smallest absolute Gasteiger partial charge is 0.311 e. The number of hydrogen-bond donors (Lipinski definition) is 2. The monoisotopic (exact) mass is 259 g/mol. The molecular formula is C11H18ClN3O2. The van der Waals surface area contributed by atoms with Crippen molar-refractivity contribution in [1.82, 2.24) is 14.9 Å². The summed E-state index contributed by atoms with van der Waals surface area (Å²) in [5.41, 5.74) is 0.600. The van der Waals surface area contributed by atoms with E-state index in [4.69, 9.17) is 11.6 Å². The predicted molar refractivity (Wildman–Crippen MR) is 68.7 cm³/mol. The van der Waals surface area contributed by atoms with Crippen molar-refractivity contribution in [3.05, 3.63) is 32.1 Å². The molecule has 0 fully saturated rings. The van der Waals surface area contributed by atoms with Crippen LogP contribution in [0.2, 0.25) is 0 Å². The third kappa shape index (κ3) is 4.02. The summed E-state index contributed by atoms with van der Waals surface area (Å²) in [6, 6.07) is 0. The topological polar surface area (TPSA) is 69.0 Å². The SMILES string of the molecule is CCCc1[nH]c(=O)[nH]c(=O)c1CN(C)CCCl. The molecule has 0 bridgehead atoms. The molecule has 1 aromatic rings. The molecule has 5 nitrogen and oxygen atoms in total. The van der Waals surface area contributed by atoms with Gasteiger partial charge in [0.25, 0.3) is 5.56 Å². The molecule has 0 atom stereocenters. The van der Waals surface area contributed by atoms with Crippen LogP contribution in [-0.2, 0) is 13.0 Å². The van der Waals surface area contributed by atoms with Gasteiger partial charge in [0.2, 0.25) is 0 Å². The van der Waals surface area contributed by atoms with Crippen molar-refractivity contribution in [2.45, 2.75) is 26.3 Å². The largest absolute Gasteiger partial charge is 0.325 e. The molecule has 0 saturated carbocycles.